The number of aromatic amines is 2. The van der Waals surface area contributed by atoms with Gasteiger partial charge in [-0.25, -0.2) is 4.79 Å². The van der Waals surface area contributed by atoms with Gasteiger partial charge in [-0.15, -0.1) is 0 Å². The van der Waals surface area contributed by atoms with Crippen LogP contribution in [-0.4, -0.2) is 29.0 Å². The van der Waals surface area contributed by atoms with Crippen molar-refractivity contribution in [1.82, 2.24) is 15.3 Å². The Balaban J connectivity index is 1.66. The van der Waals surface area contributed by atoms with Gasteiger partial charge < -0.3 is 19.9 Å². The summed E-state index contributed by atoms with van der Waals surface area (Å²) in [6.07, 6.45) is -3.54. The highest BCUT2D eigenvalue weighted by Gasteiger charge is 2.32. The van der Waals surface area contributed by atoms with E-state index < -0.39 is 23.0 Å². The van der Waals surface area contributed by atoms with E-state index >= 15 is 0 Å². The maximum absolute atomic E-state index is 13.1. The predicted octanol–water partition coefficient (Wildman–Crippen LogP) is 3.50. The maximum atomic E-state index is 13.1. The van der Waals surface area contributed by atoms with Crippen LogP contribution in [0.15, 0.2) is 58.1 Å². The number of nitrogens with one attached hydrogen (secondary N) is 3. The van der Waals surface area contributed by atoms with Gasteiger partial charge in [0.1, 0.15) is 12.4 Å². The van der Waals surface area contributed by atoms with E-state index in [2.05, 4.69) is 15.3 Å². The normalized spacial score (nSPS) is 15.3. The molecule has 1 amide bonds. The fourth-order valence-electron chi connectivity index (χ4n) is 4.20. The number of fused-ring (bicyclic) bond motifs is 1. The first-order valence-corrected chi connectivity index (χ1v) is 11.4. The van der Waals surface area contributed by atoms with Gasteiger partial charge in [-0.05, 0) is 48.7 Å². The molecule has 4 rings (SSSR count). The smallest absolute Gasteiger partial charge is 0.416 e. The van der Waals surface area contributed by atoms with Gasteiger partial charge in [-0.2, -0.15) is 13.2 Å². The standard InChI is InChI=1S/C25H25F3N4O4/c1-2-22(33)29-12-15-10-19-20(32(13-15)18-8-6-16(7-9-18)25(26,27)28)4-3-5-21(19)36-14-17-11-23(34)31-24(35)30-17/h3-9,11,15H,2,10,12-14H2,1H3,(H,29,33)(H2,30,31,34,35). The Hall–Kier alpha value is -4.02. The van der Waals surface area contributed by atoms with Crippen molar-refractivity contribution >= 4 is 17.3 Å². The van der Waals surface area contributed by atoms with Crippen molar-refractivity contribution < 1.29 is 22.7 Å². The van der Waals surface area contributed by atoms with Gasteiger partial charge in [0.15, 0.2) is 0 Å². The van der Waals surface area contributed by atoms with E-state index in [4.69, 9.17) is 4.74 Å². The van der Waals surface area contributed by atoms with Crippen LogP contribution in [0.2, 0.25) is 0 Å². The van der Waals surface area contributed by atoms with E-state index in [0.717, 1.165) is 23.4 Å². The minimum Gasteiger partial charge on any atom is -0.487 e. The lowest BCUT2D eigenvalue weighted by atomic mass is 9.91. The molecular formula is C25H25F3N4O4. The lowest BCUT2D eigenvalue weighted by Crippen LogP contribution is -2.39. The third kappa shape index (κ3) is 5.78. The molecule has 2 heterocycles. The zero-order valence-corrected chi connectivity index (χ0v) is 19.4. The molecule has 1 aliphatic heterocycles. The van der Waals surface area contributed by atoms with Crippen LogP contribution in [0.4, 0.5) is 24.5 Å². The molecule has 0 aliphatic carbocycles. The quantitative estimate of drug-likeness (QED) is 0.459. The van der Waals surface area contributed by atoms with Crippen LogP contribution in [0.25, 0.3) is 0 Å². The van der Waals surface area contributed by atoms with Crippen LogP contribution in [0.5, 0.6) is 5.75 Å². The van der Waals surface area contributed by atoms with E-state index in [1.54, 1.807) is 19.1 Å². The second-order valence-corrected chi connectivity index (χ2v) is 8.54. The lowest BCUT2D eigenvalue weighted by molar-refractivity contribution is -0.137. The van der Waals surface area contributed by atoms with Crippen molar-refractivity contribution in [3.8, 4) is 5.75 Å². The molecule has 1 aliphatic rings. The number of aromatic nitrogens is 2. The Labute approximate surface area is 204 Å². The average Bonchev–Trinajstić information content (AvgIpc) is 2.84. The third-order valence-corrected chi connectivity index (χ3v) is 5.95. The fraction of sp³-hybridized carbons (Fsp3) is 0.320. The molecule has 3 aromatic rings. The summed E-state index contributed by atoms with van der Waals surface area (Å²) in [6.45, 7) is 2.56. The lowest BCUT2D eigenvalue weighted by Gasteiger charge is -2.37. The van der Waals surface area contributed by atoms with Gasteiger partial charge in [-0.1, -0.05) is 13.0 Å². The molecule has 0 saturated heterocycles. The first-order chi connectivity index (χ1) is 17.1. The largest absolute Gasteiger partial charge is 0.487 e. The third-order valence-electron chi connectivity index (χ3n) is 5.95. The van der Waals surface area contributed by atoms with Crippen molar-refractivity contribution in [3.63, 3.8) is 0 Å². The average molecular weight is 502 g/mol. The summed E-state index contributed by atoms with van der Waals surface area (Å²) < 4.78 is 45.2. The van der Waals surface area contributed by atoms with Crippen LogP contribution in [0.3, 0.4) is 0 Å². The van der Waals surface area contributed by atoms with E-state index in [9.17, 15) is 27.6 Å². The maximum Gasteiger partial charge on any atom is 0.416 e. The Kier molecular flexibility index (Phi) is 7.18. The number of carbonyl (C=O) groups excluding carboxylic acids is 1. The number of halogens is 3. The number of benzene rings is 2. The number of alkyl halides is 3. The van der Waals surface area contributed by atoms with Crippen molar-refractivity contribution in [2.24, 2.45) is 5.92 Å². The van der Waals surface area contributed by atoms with Crippen molar-refractivity contribution in [2.75, 3.05) is 18.0 Å². The van der Waals surface area contributed by atoms with Crippen molar-refractivity contribution in [2.45, 2.75) is 32.5 Å². The molecule has 2 aromatic carbocycles. The number of carbonyl (C=O) groups is 1. The Bertz CT molecular complexity index is 1320. The summed E-state index contributed by atoms with van der Waals surface area (Å²) in [4.78, 5) is 41.5. The topological polar surface area (TPSA) is 107 Å². The van der Waals surface area contributed by atoms with Crippen LogP contribution < -0.4 is 26.2 Å². The number of amides is 1. The molecule has 1 unspecified atom stereocenters. The molecule has 36 heavy (non-hydrogen) atoms. The van der Waals surface area contributed by atoms with Gasteiger partial charge >= 0.3 is 11.9 Å². The molecule has 8 nitrogen and oxygen atoms in total. The number of nitrogens with zero attached hydrogens (tertiary/aromatic N) is 1. The Morgan fingerprint density at radius 1 is 1.14 bits per heavy atom. The van der Waals surface area contributed by atoms with Gasteiger partial charge in [0.05, 0.1) is 11.3 Å². The molecule has 3 N–H and O–H groups in total. The van der Waals surface area contributed by atoms with E-state index in [1.165, 1.54) is 18.2 Å². The Morgan fingerprint density at radius 3 is 2.56 bits per heavy atom. The zero-order valence-electron chi connectivity index (χ0n) is 19.4. The number of hydrogen-bond donors (Lipinski definition) is 3. The predicted molar refractivity (Wildman–Crippen MR) is 127 cm³/mol. The van der Waals surface area contributed by atoms with E-state index in [1.807, 2.05) is 11.0 Å². The first-order valence-electron chi connectivity index (χ1n) is 11.4. The molecule has 1 atom stereocenters. The number of H-pyrrole nitrogens is 2. The van der Waals surface area contributed by atoms with Crippen LogP contribution in [0, 0.1) is 5.92 Å². The molecule has 0 radical (unpaired) electrons. The number of anilines is 2. The molecule has 190 valence electrons. The van der Waals surface area contributed by atoms with Crippen molar-refractivity contribution in [3.05, 3.63) is 86.2 Å². The summed E-state index contributed by atoms with van der Waals surface area (Å²) in [5.74, 6) is 0.376. The molecular weight excluding hydrogens is 477 g/mol. The molecule has 0 bridgehead atoms. The number of hydrogen-bond acceptors (Lipinski definition) is 5. The molecule has 11 heteroatoms. The van der Waals surface area contributed by atoms with E-state index in [-0.39, 0.29) is 18.4 Å². The van der Waals surface area contributed by atoms with Crippen LogP contribution in [-0.2, 0) is 24.0 Å². The SMILES string of the molecule is CCC(=O)NCC1Cc2c(OCc3cc(=O)[nH]c(=O)[nH]3)cccc2N(c2ccc(C(F)(F)F)cc2)C1. The Morgan fingerprint density at radius 2 is 1.89 bits per heavy atom. The number of ether oxygens (including phenoxy) is 1. The first kappa shape index (κ1) is 25.1. The van der Waals surface area contributed by atoms with Gasteiger partial charge in [0.2, 0.25) is 5.91 Å². The molecule has 0 fully saturated rings. The summed E-state index contributed by atoms with van der Waals surface area (Å²) in [6, 6.07) is 11.5. The summed E-state index contributed by atoms with van der Waals surface area (Å²) in [7, 11) is 0. The summed E-state index contributed by atoms with van der Waals surface area (Å²) in [5, 5.41) is 2.89. The molecule has 1 aromatic heterocycles. The second-order valence-electron chi connectivity index (χ2n) is 8.54. The summed E-state index contributed by atoms with van der Waals surface area (Å²) >= 11 is 0. The second kappa shape index (κ2) is 10.3. The fourth-order valence-corrected chi connectivity index (χ4v) is 4.20. The van der Waals surface area contributed by atoms with Gasteiger partial charge in [-0.3, -0.25) is 14.6 Å². The highest BCUT2D eigenvalue weighted by Crippen LogP contribution is 2.41. The minimum absolute atomic E-state index is 0.0422. The number of rotatable bonds is 7. The van der Waals surface area contributed by atoms with Crippen LogP contribution >= 0.6 is 0 Å². The van der Waals surface area contributed by atoms with Crippen molar-refractivity contribution in [1.29, 1.82) is 0 Å². The zero-order chi connectivity index (χ0) is 25.9. The van der Waals surface area contributed by atoms with Gasteiger partial charge in [0.25, 0.3) is 5.56 Å². The monoisotopic (exact) mass is 502 g/mol. The van der Waals surface area contributed by atoms with E-state index in [0.29, 0.717) is 43.1 Å². The minimum atomic E-state index is -4.44. The molecule has 0 spiro atoms. The van der Waals surface area contributed by atoms with Crippen LogP contribution in [0.1, 0.15) is 30.2 Å². The highest BCUT2D eigenvalue weighted by molar-refractivity contribution is 5.75. The highest BCUT2D eigenvalue weighted by atomic mass is 19.4. The molecule has 0 saturated carbocycles. The van der Waals surface area contributed by atoms with Gasteiger partial charge in [0, 0.05) is 42.5 Å². The summed E-state index contributed by atoms with van der Waals surface area (Å²) in [5.41, 5.74) is 0.523.